The van der Waals surface area contributed by atoms with Crippen molar-refractivity contribution in [2.24, 2.45) is 5.73 Å². The molecule has 0 radical (unpaired) electrons. The van der Waals surface area contributed by atoms with Crippen molar-refractivity contribution in [1.82, 2.24) is 24.9 Å². The summed E-state index contributed by atoms with van der Waals surface area (Å²) < 4.78 is 1.33. The molecule has 0 unspecified atom stereocenters. The van der Waals surface area contributed by atoms with Gasteiger partial charge in [-0.25, -0.2) is 9.78 Å². The lowest BCUT2D eigenvalue weighted by molar-refractivity contribution is 0.1000. The molecule has 14 nitrogen and oxygen atoms in total. The molecule has 36 heavy (non-hydrogen) atoms. The number of hydrogen-bond acceptors (Lipinski definition) is 10. The molecule has 1 fully saturated rings. The van der Waals surface area contributed by atoms with E-state index in [-0.39, 0.29) is 34.5 Å². The number of carbonyl (C=O) groups is 2. The Labute approximate surface area is 209 Å². The minimum atomic E-state index is -1.22. The summed E-state index contributed by atoms with van der Waals surface area (Å²) >= 11 is 6.70. The summed E-state index contributed by atoms with van der Waals surface area (Å²) in [4.78, 5) is 33.4. The zero-order valence-corrected chi connectivity index (χ0v) is 19.8. The number of β-amino-alcohol motifs (C(OH)–C–C–N with tert-alkyl or cyclic N) is 1. The van der Waals surface area contributed by atoms with Gasteiger partial charge in [0.1, 0.15) is 6.07 Å². The zero-order valence-electron chi connectivity index (χ0n) is 19.1. The van der Waals surface area contributed by atoms with Crippen LogP contribution in [0.15, 0.2) is 18.3 Å². The number of benzene rings is 1. The Hall–Kier alpha value is -4.35. The Balaban J connectivity index is 1.72. The van der Waals surface area contributed by atoms with Crippen molar-refractivity contribution in [3.8, 4) is 6.07 Å². The number of rotatable bonds is 7. The van der Waals surface area contributed by atoms with E-state index >= 15 is 0 Å². The normalized spacial score (nSPS) is 17.4. The molecule has 1 aliphatic rings. The molecule has 4 rings (SSSR count). The van der Waals surface area contributed by atoms with E-state index in [0.717, 1.165) is 0 Å². The summed E-state index contributed by atoms with van der Waals surface area (Å²) in [5.74, 6) is -0.244. The van der Waals surface area contributed by atoms with Gasteiger partial charge in [-0.1, -0.05) is 11.6 Å². The summed E-state index contributed by atoms with van der Waals surface area (Å²) in [6, 6.07) is 4.33. The molecular formula is C21H23ClN10O4. The van der Waals surface area contributed by atoms with E-state index in [0.29, 0.717) is 36.7 Å². The average molecular weight is 515 g/mol. The molecule has 1 saturated heterocycles. The third-order valence-electron chi connectivity index (χ3n) is 5.64. The van der Waals surface area contributed by atoms with Gasteiger partial charge in [-0.3, -0.25) is 4.79 Å². The maximum absolute atomic E-state index is 12.1. The van der Waals surface area contributed by atoms with Gasteiger partial charge >= 0.3 is 6.09 Å². The number of primary amides is 1. The first kappa shape index (κ1) is 24.8. The summed E-state index contributed by atoms with van der Waals surface area (Å²) in [6.45, 7) is 2.84. The maximum Gasteiger partial charge on any atom is 0.404 e. The second-order valence-electron chi connectivity index (χ2n) is 8.01. The molecule has 15 heteroatoms. The van der Waals surface area contributed by atoms with Crippen molar-refractivity contribution >= 4 is 52.4 Å². The number of aliphatic hydroxyl groups excluding tert-OH is 1. The van der Waals surface area contributed by atoms with Gasteiger partial charge in [0.2, 0.25) is 11.9 Å². The highest BCUT2D eigenvalue weighted by molar-refractivity contribution is 6.36. The SMILES string of the molecule is CCNc1nc(Nc2cc(C(N)=O)cc(N3CC[C@@H](NC(=O)O)[C@H](O)C3)c2Cl)nn2c(C#N)cnc12. The van der Waals surface area contributed by atoms with Crippen LogP contribution < -0.4 is 26.6 Å². The number of nitriles is 1. The van der Waals surface area contributed by atoms with E-state index in [4.69, 9.17) is 22.4 Å². The van der Waals surface area contributed by atoms with Crippen LogP contribution in [0.25, 0.3) is 5.65 Å². The van der Waals surface area contributed by atoms with Gasteiger partial charge in [-0.05, 0) is 25.5 Å². The zero-order chi connectivity index (χ0) is 26.0. The van der Waals surface area contributed by atoms with E-state index in [1.807, 2.05) is 13.0 Å². The number of carbonyl (C=O) groups excluding carboxylic acids is 1. The molecule has 0 bridgehead atoms. The molecule has 188 valence electrons. The van der Waals surface area contributed by atoms with Crippen molar-refractivity contribution in [2.75, 3.05) is 35.2 Å². The highest BCUT2D eigenvalue weighted by atomic mass is 35.5. The van der Waals surface area contributed by atoms with E-state index < -0.39 is 24.1 Å². The smallest absolute Gasteiger partial charge is 0.404 e. The lowest BCUT2D eigenvalue weighted by atomic mass is 10.0. The van der Waals surface area contributed by atoms with Gasteiger partial charge in [0.15, 0.2) is 17.2 Å². The third kappa shape index (κ3) is 4.88. The number of nitrogens with zero attached hydrogens (tertiary/aromatic N) is 6. The number of aliphatic hydroxyl groups is 1. The second kappa shape index (κ2) is 10.1. The van der Waals surface area contributed by atoms with Crippen LogP contribution in [0, 0.1) is 11.3 Å². The summed E-state index contributed by atoms with van der Waals surface area (Å²) in [5, 5.41) is 41.7. The molecule has 3 heterocycles. The van der Waals surface area contributed by atoms with Crippen molar-refractivity contribution in [3.05, 3.63) is 34.6 Å². The number of hydrogen-bond donors (Lipinski definition) is 6. The summed E-state index contributed by atoms with van der Waals surface area (Å²) in [5.41, 5.74) is 6.93. The minimum absolute atomic E-state index is 0.0694. The van der Waals surface area contributed by atoms with Crippen LogP contribution in [0.4, 0.5) is 27.9 Å². The van der Waals surface area contributed by atoms with Crippen LogP contribution in [-0.4, -0.2) is 73.6 Å². The fourth-order valence-electron chi connectivity index (χ4n) is 3.97. The highest BCUT2D eigenvalue weighted by Crippen LogP contribution is 2.37. The number of halogens is 1. The second-order valence-corrected chi connectivity index (χ2v) is 8.39. The topological polar surface area (TPSA) is 207 Å². The first-order valence-corrected chi connectivity index (χ1v) is 11.3. The number of piperidine rings is 1. The Morgan fingerprint density at radius 2 is 2.17 bits per heavy atom. The molecule has 2 aromatic heterocycles. The molecule has 1 aromatic carbocycles. The Morgan fingerprint density at radius 3 is 2.81 bits per heavy atom. The predicted octanol–water partition coefficient (Wildman–Crippen LogP) is 1.13. The number of nitrogens with one attached hydrogen (secondary N) is 3. The fourth-order valence-corrected chi connectivity index (χ4v) is 4.24. The van der Waals surface area contributed by atoms with Crippen molar-refractivity contribution in [1.29, 1.82) is 5.26 Å². The minimum Gasteiger partial charge on any atom is -0.465 e. The molecule has 7 N–H and O–H groups in total. The summed E-state index contributed by atoms with van der Waals surface area (Å²) in [7, 11) is 0. The van der Waals surface area contributed by atoms with E-state index in [9.17, 15) is 20.0 Å². The molecular weight excluding hydrogens is 492 g/mol. The Morgan fingerprint density at radius 1 is 1.39 bits per heavy atom. The van der Waals surface area contributed by atoms with E-state index in [1.165, 1.54) is 22.8 Å². The van der Waals surface area contributed by atoms with Crippen LogP contribution in [-0.2, 0) is 0 Å². The van der Waals surface area contributed by atoms with Crippen LogP contribution in [0.2, 0.25) is 5.02 Å². The largest absolute Gasteiger partial charge is 0.465 e. The predicted molar refractivity (Wildman–Crippen MR) is 131 cm³/mol. The lowest BCUT2D eigenvalue weighted by Crippen LogP contribution is -2.54. The number of fused-ring (bicyclic) bond motifs is 1. The average Bonchev–Trinajstić information content (AvgIpc) is 3.25. The van der Waals surface area contributed by atoms with Crippen LogP contribution in [0.3, 0.4) is 0 Å². The molecule has 2 amide bonds. The Kier molecular flexibility index (Phi) is 6.95. The van der Waals surface area contributed by atoms with Gasteiger partial charge < -0.3 is 36.8 Å². The van der Waals surface area contributed by atoms with Crippen molar-refractivity contribution < 1.29 is 19.8 Å². The monoisotopic (exact) mass is 514 g/mol. The molecule has 0 aliphatic carbocycles. The summed E-state index contributed by atoms with van der Waals surface area (Å²) in [6.07, 6.45) is -0.532. The standard InChI is InChI=1S/C21H23ClN10O4/c1-2-25-18-19-26-8-11(7-23)32(19)30-20(29-18)27-13-5-10(17(24)34)6-14(16(13)22)31-4-3-12(15(33)9-31)28-21(35)36/h5-6,8,12,15,28,33H,2-4,9H2,1H3,(H2,24,34)(H,35,36)(H2,25,27,29,30)/t12-,15-/m1/s1. The van der Waals surface area contributed by atoms with Gasteiger partial charge in [0.05, 0.1) is 34.7 Å². The number of aromatic nitrogens is 4. The quantitative estimate of drug-likeness (QED) is 0.263. The number of nitrogens with two attached hydrogens (primary N) is 1. The number of amides is 2. The van der Waals surface area contributed by atoms with Crippen LogP contribution in [0.5, 0.6) is 0 Å². The van der Waals surface area contributed by atoms with Gasteiger partial charge in [0, 0.05) is 25.2 Å². The third-order valence-corrected chi connectivity index (χ3v) is 6.03. The number of anilines is 4. The van der Waals surface area contributed by atoms with E-state index in [1.54, 1.807) is 4.90 Å². The molecule has 0 saturated carbocycles. The molecule has 3 aromatic rings. The van der Waals surface area contributed by atoms with Gasteiger partial charge in [0.25, 0.3) is 0 Å². The van der Waals surface area contributed by atoms with Gasteiger partial charge in [-0.15, -0.1) is 5.10 Å². The van der Waals surface area contributed by atoms with Crippen LogP contribution >= 0.6 is 11.6 Å². The first-order chi connectivity index (χ1) is 17.2. The number of imidazole rings is 1. The fraction of sp³-hybridized carbons (Fsp3) is 0.333. The first-order valence-electron chi connectivity index (χ1n) is 10.9. The molecule has 2 atom stereocenters. The molecule has 1 aliphatic heterocycles. The van der Waals surface area contributed by atoms with Crippen molar-refractivity contribution in [2.45, 2.75) is 25.5 Å². The molecule has 0 spiro atoms. The Bertz CT molecular complexity index is 1370. The number of carboxylic acid groups (broad SMARTS) is 1. The lowest BCUT2D eigenvalue weighted by Gasteiger charge is -2.37. The maximum atomic E-state index is 12.1. The van der Waals surface area contributed by atoms with Gasteiger partial charge in [-0.2, -0.15) is 14.8 Å². The van der Waals surface area contributed by atoms with E-state index in [2.05, 4.69) is 31.0 Å². The van der Waals surface area contributed by atoms with Crippen LogP contribution in [0.1, 0.15) is 29.4 Å². The highest BCUT2D eigenvalue weighted by Gasteiger charge is 2.31. The van der Waals surface area contributed by atoms with Crippen molar-refractivity contribution in [3.63, 3.8) is 0 Å².